The number of nitrogens with zero attached hydrogens (tertiary/aromatic N) is 1. The molecule has 0 aliphatic rings. The number of nitrogens with one attached hydrogen (secondary N) is 1. The van der Waals surface area contributed by atoms with Crippen LogP contribution in [0.5, 0.6) is 5.75 Å². The number of rotatable bonds is 5. The molecule has 0 saturated carbocycles. The Morgan fingerprint density at radius 2 is 2.35 bits per heavy atom. The maximum absolute atomic E-state index is 11.2. The molecule has 1 amide bonds. The molecule has 3 N–H and O–H groups in total. The van der Waals surface area contributed by atoms with E-state index in [2.05, 4.69) is 5.32 Å². The van der Waals surface area contributed by atoms with Crippen molar-refractivity contribution in [3.8, 4) is 11.8 Å². The summed E-state index contributed by atoms with van der Waals surface area (Å²) in [6.45, 7) is 0.175. The molecule has 0 unspecified atom stereocenters. The van der Waals surface area contributed by atoms with Crippen LogP contribution in [-0.4, -0.2) is 19.1 Å². The first-order chi connectivity index (χ1) is 8.17. The van der Waals surface area contributed by atoms with Gasteiger partial charge in [-0.05, 0) is 17.7 Å². The summed E-state index contributed by atoms with van der Waals surface area (Å²) in [6, 6.07) is 6.91. The fourth-order valence-corrected chi connectivity index (χ4v) is 1.38. The van der Waals surface area contributed by atoms with Crippen LogP contribution in [0.15, 0.2) is 18.2 Å². The van der Waals surface area contributed by atoms with E-state index in [1.54, 1.807) is 24.3 Å². The molecule has 0 aliphatic heterocycles. The lowest BCUT2D eigenvalue weighted by Crippen LogP contribution is -2.29. The maximum atomic E-state index is 11.2. The third-order valence-electron chi connectivity index (χ3n) is 1.96. The van der Waals surface area contributed by atoms with E-state index in [4.69, 9.17) is 27.3 Å². The molecule has 0 bridgehead atoms. The highest BCUT2D eigenvalue weighted by molar-refractivity contribution is 6.32. The molecule has 5 nitrogen and oxygen atoms in total. The first-order valence-corrected chi connectivity index (χ1v) is 5.30. The van der Waals surface area contributed by atoms with Gasteiger partial charge in [0, 0.05) is 6.54 Å². The molecule has 0 aromatic heterocycles. The number of carbonyl (C=O) groups is 1. The Morgan fingerprint density at radius 1 is 1.59 bits per heavy atom. The zero-order valence-electron chi connectivity index (χ0n) is 9.07. The molecule has 90 valence electrons. The van der Waals surface area contributed by atoms with E-state index >= 15 is 0 Å². The van der Waals surface area contributed by atoms with Gasteiger partial charge in [0.1, 0.15) is 12.3 Å². The topological polar surface area (TPSA) is 88.1 Å². The Bertz CT molecular complexity index is 443. The lowest BCUT2D eigenvalue weighted by molar-refractivity contribution is -0.122. The van der Waals surface area contributed by atoms with Gasteiger partial charge in [0.25, 0.3) is 5.91 Å². The minimum Gasteiger partial charge on any atom is -0.482 e. The fraction of sp³-hybridized carbons (Fsp3) is 0.273. The summed E-state index contributed by atoms with van der Waals surface area (Å²) in [6.07, 6.45) is 0. The molecule has 0 heterocycles. The van der Waals surface area contributed by atoms with Crippen molar-refractivity contribution in [1.82, 2.24) is 5.32 Å². The van der Waals surface area contributed by atoms with Gasteiger partial charge in [0.2, 0.25) is 0 Å². The van der Waals surface area contributed by atoms with Gasteiger partial charge >= 0.3 is 0 Å². The lowest BCUT2D eigenvalue weighted by Gasteiger charge is -2.08. The van der Waals surface area contributed by atoms with Gasteiger partial charge in [0.15, 0.2) is 6.61 Å². The van der Waals surface area contributed by atoms with Crippen LogP contribution < -0.4 is 15.8 Å². The van der Waals surface area contributed by atoms with Crippen LogP contribution in [0.2, 0.25) is 5.02 Å². The van der Waals surface area contributed by atoms with E-state index in [0.717, 1.165) is 5.56 Å². The van der Waals surface area contributed by atoms with Gasteiger partial charge in [-0.1, -0.05) is 17.7 Å². The molecule has 0 atom stereocenters. The highest BCUT2D eigenvalue weighted by Gasteiger charge is 2.05. The predicted molar refractivity (Wildman–Crippen MR) is 63.5 cm³/mol. The van der Waals surface area contributed by atoms with Gasteiger partial charge in [-0.2, -0.15) is 5.26 Å². The van der Waals surface area contributed by atoms with Gasteiger partial charge in [-0.3, -0.25) is 4.79 Å². The number of ether oxygens (including phenoxy) is 1. The van der Waals surface area contributed by atoms with Crippen LogP contribution in [0.1, 0.15) is 5.56 Å². The van der Waals surface area contributed by atoms with Crippen LogP contribution in [0.25, 0.3) is 0 Å². The van der Waals surface area contributed by atoms with E-state index < -0.39 is 0 Å². The summed E-state index contributed by atoms with van der Waals surface area (Å²) in [4.78, 5) is 11.2. The maximum Gasteiger partial charge on any atom is 0.258 e. The summed E-state index contributed by atoms with van der Waals surface area (Å²) >= 11 is 5.93. The Hall–Kier alpha value is -1.77. The molecule has 6 heteroatoms. The second-order valence-electron chi connectivity index (χ2n) is 3.19. The molecule has 1 aromatic carbocycles. The third kappa shape index (κ3) is 4.31. The number of hydrogen-bond donors (Lipinski definition) is 2. The SMILES string of the molecule is N#CCNC(=O)COc1ccc(CN)cc1Cl. The molecule has 0 saturated heterocycles. The zero-order valence-corrected chi connectivity index (χ0v) is 9.83. The minimum atomic E-state index is -0.370. The smallest absolute Gasteiger partial charge is 0.258 e. The molecular formula is C11H12ClN3O2. The first-order valence-electron chi connectivity index (χ1n) is 4.92. The second kappa shape index (κ2) is 6.74. The van der Waals surface area contributed by atoms with E-state index in [0.29, 0.717) is 17.3 Å². The van der Waals surface area contributed by atoms with Crippen molar-refractivity contribution in [3.63, 3.8) is 0 Å². The number of nitrogens with two attached hydrogens (primary N) is 1. The van der Waals surface area contributed by atoms with Crippen molar-refractivity contribution in [2.75, 3.05) is 13.2 Å². The van der Waals surface area contributed by atoms with Crippen LogP contribution in [-0.2, 0) is 11.3 Å². The number of benzene rings is 1. The molecule has 0 radical (unpaired) electrons. The monoisotopic (exact) mass is 253 g/mol. The summed E-state index contributed by atoms with van der Waals surface area (Å²) in [5, 5.41) is 11.0. The number of carbonyl (C=O) groups excluding carboxylic acids is 1. The fourth-order valence-electron chi connectivity index (χ4n) is 1.12. The second-order valence-corrected chi connectivity index (χ2v) is 3.60. The Labute approximate surface area is 104 Å². The normalized spacial score (nSPS) is 9.47. The van der Waals surface area contributed by atoms with Crippen molar-refractivity contribution in [1.29, 1.82) is 5.26 Å². The highest BCUT2D eigenvalue weighted by atomic mass is 35.5. The van der Waals surface area contributed by atoms with Crippen LogP contribution in [0.4, 0.5) is 0 Å². The molecule has 1 aromatic rings. The molecule has 0 aliphatic carbocycles. The molecular weight excluding hydrogens is 242 g/mol. The van der Waals surface area contributed by atoms with Crippen molar-refractivity contribution in [2.24, 2.45) is 5.73 Å². The van der Waals surface area contributed by atoms with Crippen molar-refractivity contribution >= 4 is 17.5 Å². The predicted octanol–water partition coefficient (Wildman–Crippen LogP) is 0.817. The van der Waals surface area contributed by atoms with Crippen LogP contribution in [0.3, 0.4) is 0 Å². The Kier molecular flexibility index (Phi) is 5.27. The third-order valence-corrected chi connectivity index (χ3v) is 2.25. The van der Waals surface area contributed by atoms with Gasteiger partial charge in [0.05, 0.1) is 11.1 Å². The van der Waals surface area contributed by atoms with E-state index in [9.17, 15) is 4.79 Å². The van der Waals surface area contributed by atoms with E-state index in [-0.39, 0.29) is 19.1 Å². The largest absolute Gasteiger partial charge is 0.482 e. The lowest BCUT2D eigenvalue weighted by atomic mass is 10.2. The van der Waals surface area contributed by atoms with Crippen molar-refractivity contribution in [2.45, 2.75) is 6.54 Å². The average molecular weight is 254 g/mol. The van der Waals surface area contributed by atoms with Gasteiger partial charge in [-0.15, -0.1) is 0 Å². The summed E-state index contributed by atoms with van der Waals surface area (Å²) in [5.74, 6) is 0.0430. The highest BCUT2D eigenvalue weighted by Crippen LogP contribution is 2.25. The summed E-state index contributed by atoms with van der Waals surface area (Å²) in [7, 11) is 0. The minimum absolute atomic E-state index is 0.0396. The Morgan fingerprint density at radius 3 is 2.94 bits per heavy atom. The van der Waals surface area contributed by atoms with Crippen molar-refractivity contribution < 1.29 is 9.53 Å². The summed E-state index contributed by atoms with van der Waals surface area (Å²) < 4.78 is 5.20. The number of amides is 1. The van der Waals surface area contributed by atoms with E-state index in [1.165, 1.54) is 0 Å². The van der Waals surface area contributed by atoms with Crippen LogP contribution in [0, 0.1) is 11.3 Å². The molecule has 17 heavy (non-hydrogen) atoms. The average Bonchev–Trinajstić information content (AvgIpc) is 2.34. The molecule has 0 spiro atoms. The van der Waals surface area contributed by atoms with E-state index in [1.807, 2.05) is 0 Å². The summed E-state index contributed by atoms with van der Waals surface area (Å²) in [5.41, 5.74) is 6.34. The molecule has 0 fully saturated rings. The van der Waals surface area contributed by atoms with Gasteiger partial charge < -0.3 is 15.8 Å². The van der Waals surface area contributed by atoms with Crippen LogP contribution >= 0.6 is 11.6 Å². The molecule has 1 rings (SSSR count). The zero-order chi connectivity index (χ0) is 12.7. The number of halogens is 1. The Balaban J connectivity index is 2.52. The first kappa shape index (κ1) is 13.3. The number of hydrogen-bond acceptors (Lipinski definition) is 4. The van der Waals surface area contributed by atoms with Crippen molar-refractivity contribution in [3.05, 3.63) is 28.8 Å². The standard InChI is InChI=1S/C11H12ClN3O2/c12-9-5-8(6-14)1-2-10(9)17-7-11(16)15-4-3-13/h1-2,5H,4,6-7,14H2,(H,15,16). The van der Waals surface area contributed by atoms with Gasteiger partial charge in [-0.25, -0.2) is 0 Å². The quantitative estimate of drug-likeness (QED) is 0.761. The number of nitriles is 1.